The summed E-state index contributed by atoms with van der Waals surface area (Å²) in [6, 6.07) is 7.81. The first-order valence-electron chi connectivity index (χ1n) is 5.67. The lowest BCUT2D eigenvalue weighted by atomic mass is 9.87. The summed E-state index contributed by atoms with van der Waals surface area (Å²) in [5.74, 6) is -0.368. The van der Waals surface area contributed by atoms with E-state index in [0.717, 1.165) is 5.56 Å². The molecule has 0 spiro atoms. The van der Waals surface area contributed by atoms with Crippen LogP contribution in [0.15, 0.2) is 34.5 Å². The van der Waals surface area contributed by atoms with Crippen LogP contribution in [-0.2, 0) is 5.41 Å². The van der Waals surface area contributed by atoms with Crippen LogP contribution < -0.4 is 11.2 Å². The fraction of sp³-hybridized carbons (Fsp3) is 0.333. The van der Waals surface area contributed by atoms with Crippen molar-refractivity contribution < 1.29 is 5.03 Å². The number of hydrazine groups is 1. The second kappa shape index (κ2) is 5.94. The summed E-state index contributed by atoms with van der Waals surface area (Å²) in [5.41, 5.74) is 9.04. The van der Waals surface area contributed by atoms with Gasteiger partial charge in [0, 0.05) is 0 Å². The summed E-state index contributed by atoms with van der Waals surface area (Å²) >= 11 is 0. The van der Waals surface area contributed by atoms with Gasteiger partial charge in [0.15, 0.2) is 5.03 Å². The molecule has 1 aromatic carbocycles. The molecule has 0 aliphatic carbocycles. The smallest absolute Gasteiger partial charge is 0.275 e. The van der Waals surface area contributed by atoms with Gasteiger partial charge in [0.1, 0.15) is 0 Å². The first kappa shape index (κ1) is 14.6. The fourth-order valence-corrected chi connectivity index (χ4v) is 1.34. The number of hydrogen-bond acceptors (Lipinski definition) is 4. The quantitative estimate of drug-likeness (QED) is 0.372. The molecule has 0 radical (unpaired) electrons. The molecule has 0 bridgehead atoms. The Labute approximate surface area is 111 Å². The van der Waals surface area contributed by atoms with Crippen molar-refractivity contribution >= 4 is 12.2 Å². The maximum atomic E-state index is 10.1. The Bertz CT molecular complexity index is 500. The average Bonchev–Trinajstić information content (AvgIpc) is 2.27. The van der Waals surface area contributed by atoms with Crippen LogP contribution in [0.4, 0.5) is 0 Å². The lowest BCUT2D eigenvalue weighted by molar-refractivity contribution is -0.525. The van der Waals surface area contributed by atoms with Crippen LogP contribution in [-0.4, -0.2) is 17.2 Å². The number of hydrogen-bond donors (Lipinski definition) is 2. The van der Waals surface area contributed by atoms with Gasteiger partial charge in [-0.1, -0.05) is 50.5 Å². The maximum absolute atomic E-state index is 10.1. The van der Waals surface area contributed by atoms with E-state index < -0.39 is 5.03 Å². The molecule has 19 heavy (non-hydrogen) atoms. The molecule has 102 valence electrons. The summed E-state index contributed by atoms with van der Waals surface area (Å²) in [6.45, 7) is 6.39. The molecule has 7 nitrogen and oxygen atoms in total. The Morgan fingerprint density at radius 1 is 1.37 bits per heavy atom. The molecule has 0 aliphatic rings. The number of nitro groups is 1. The highest BCUT2D eigenvalue weighted by atomic mass is 16.7. The predicted octanol–water partition coefficient (Wildman–Crippen LogP) is 1.41. The normalized spacial score (nSPS) is 12.7. The highest BCUT2D eigenvalue weighted by molar-refractivity contribution is 5.81. The molecule has 0 aromatic heterocycles. The van der Waals surface area contributed by atoms with Crippen molar-refractivity contribution in [1.82, 2.24) is 5.43 Å². The summed E-state index contributed by atoms with van der Waals surface area (Å²) in [6.07, 6.45) is 1.47. The molecule has 0 unspecified atom stereocenters. The van der Waals surface area contributed by atoms with Crippen LogP contribution in [0.25, 0.3) is 0 Å². The number of rotatable bonds is 3. The minimum absolute atomic E-state index is 0.0912. The minimum atomic E-state index is -0.799. The molecule has 7 heteroatoms. The van der Waals surface area contributed by atoms with E-state index in [9.17, 15) is 10.1 Å². The third-order valence-electron chi connectivity index (χ3n) is 2.35. The fourth-order valence-electron chi connectivity index (χ4n) is 1.34. The van der Waals surface area contributed by atoms with E-state index in [1.165, 1.54) is 11.8 Å². The predicted molar refractivity (Wildman–Crippen MR) is 74.5 cm³/mol. The molecule has 0 saturated carbocycles. The number of nitrogens with two attached hydrogens (primary N) is 1. The summed E-state index contributed by atoms with van der Waals surface area (Å²) in [7, 11) is 0. The van der Waals surface area contributed by atoms with Crippen molar-refractivity contribution in [3.8, 4) is 0 Å². The van der Waals surface area contributed by atoms with Gasteiger partial charge >= 0.3 is 0 Å². The second-order valence-corrected chi connectivity index (χ2v) is 4.97. The van der Waals surface area contributed by atoms with E-state index in [1.54, 1.807) is 5.43 Å². The summed E-state index contributed by atoms with van der Waals surface area (Å²) < 4.78 is 0. The first-order valence-corrected chi connectivity index (χ1v) is 5.67. The Morgan fingerprint density at radius 3 is 2.42 bits per heavy atom. The third kappa shape index (κ3) is 5.15. The van der Waals surface area contributed by atoms with Gasteiger partial charge in [-0.2, -0.15) is 5.10 Å². The molecule has 0 aliphatic heterocycles. The van der Waals surface area contributed by atoms with E-state index in [0.29, 0.717) is 0 Å². The van der Waals surface area contributed by atoms with E-state index in [2.05, 4.69) is 31.0 Å². The molecular weight excluding hydrogens is 246 g/mol. The zero-order valence-electron chi connectivity index (χ0n) is 11.1. The van der Waals surface area contributed by atoms with Crippen molar-refractivity contribution in [2.75, 3.05) is 0 Å². The zero-order chi connectivity index (χ0) is 14.5. The van der Waals surface area contributed by atoms with E-state index >= 15 is 0 Å². The van der Waals surface area contributed by atoms with Gasteiger partial charge in [-0.3, -0.25) is 0 Å². The van der Waals surface area contributed by atoms with Crippen LogP contribution in [0, 0.1) is 10.1 Å². The van der Waals surface area contributed by atoms with E-state index in [1.807, 2.05) is 24.3 Å². The minimum Gasteiger partial charge on any atom is -0.364 e. The van der Waals surface area contributed by atoms with Crippen molar-refractivity contribution in [1.29, 1.82) is 0 Å². The van der Waals surface area contributed by atoms with Crippen LogP contribution in [0.3, 0.4) is 0 Å². The molecule has 0 atom stereocenters. The van der Waals surface area contributed by atoms with Crippen LogP contribution in [0.5, 0.6) is 0 Å². The number of guanidine groups is 1. The topological polar surface area (TPSA) is 106 Å². The van der Waals surface area contributed by atoms with Crippen LogP contribution in [0.2, 0.25) is 0 Å². The third-order valence-corrected chi connectivity index (χ3v) is 2.35. The second-order valence-electron chi connectivity index (χ2n) is 4.97. The number of nitrogens with zero attached hydrogens (tertiary/aromatic N) is 3. The van der Waals surface area contributed by atoms with Crippen molar-refractivity contribution in [3.63, 3.8) is 0 Å². The van der Waals surface area contributed by atoms with Crippen LogP contribution in [0.1, 0.15) is 31.9 Å². The molecule has 3 N–H and O–H groups in total. The highest BCUT2D eigenvalue weighted by Crippen LogP contribution is 2.21. The summed E-state index contributed by atoms with van der Waals surface area (Å²) in [5, 5.41) is 16.4. The van der Waals surface area contributed by atoms with Crippen molar-refractivity contribution in [2.24, 2.45) is 15.9 Å². The molecule has 0 fully saturated rings. The lowest BCUT2D eigenvalue weighted by Gasteiger charge is -2.18. The van der Waals surface area contributed by atoms with Gasteiger partial charge in [-0.25, -0.2) is 10.1 Å². The Kier molecular flexibility index (Phi) is 4.57. The van der Waals surface area contributed by atoms with Gasteiger partial charge in [0.2, 0.25) is 0 Å². The van der Waals surface area contributed by atoms with Gasteiger partial charge < -0.3 is 5.73 Å². The maximum Gasteiger partial charge on any atom is 0.275 e. The Hall–Kier alpha value is -2.44. The Morgan fingerprint density at radius 2 is 1.95 bits per heavy atom. The highest BCUT2D eigenvalue weighted by Gasteiger charge is 2.12. The standard InChI is InChI=1S/C12H17N5O2/c1-12(2,3)10-6-4-9(5-7-10)8-14-15-11(13)16-17(18)19/h4-8H,1-3H3,(H3,13,15,16)/b14-8+. The van der Waals surface area contributed by atoms with Gasteiger partial charge in [-0.15, -0.1) is 5.10 Å². The molecule has 1 aromatic rings. The van der Waals surface area contributed by atoms with Crippen molar-refractivity contribution in [2.45, 2.75) is 26.2 Å². The first-order chi connectivity index (χ1) is 8.79. The Balaban J connectivity index is 2.71. The number of benzene rings is 1. The zero-order valence-corrected chi connectivity index (χ0v) is 11.1. The SMILES string of the molecule is CC(C)(C)c1ccc(/C=N/N=C(\N)N[N+](=O)[O-])cc1. The average molecular weight is 263 g/mol. The lowest BCUT2D eigenvalue weighted by Crippen LogP contribution is -2.35. The molecule has 0 saturated heterocycles. The van der Waals surface area contributed by atoms with Gasteiger partial charge in [-0.05, 0) is 16.5 Å². The molecular formula is C12H17N5O2. The van der Waals surface area contributed by atoms with Crippen molar-refractivity contribution in [3.05, 3.63) is 45.5 Å². The largest absolute Gasteiger partial charge is 0.364 e. The summed E-state index contributed by atoms with van der Waals surface area (Å²) in [4.78, 5) is 10.1. The molecule has 1 rings (SSSR count). The van der Waals surface area contributed by atoms with Gasteiger partial charge in [0.05, 0.1) is 6.21 Å². The molecule has 0 heterocycles. The van der Waals surface area contributed by atoms with Crippen LogP contribution >= 0.6 is 0 Å². The number of nitrogens with one attached hydrogen (secondary N) is 1. The van der Waals surface area contributed by atoms with E-state index in [-0.39, 0.29) is 11.4 Å². The molecule has 0 amide bonds. The van der Waals surface area contributed by atoms with Gasteiger partial charge in [0.25, 0.3) is 5.96 Å². The monoisotopic (exact) mass is 263 g/mol. The van der Waals surface area contributed by atoms with E-state index in [4.69, 9.17) is 5.73 Å².